The highest BCUT2D eigenvalue weighted by Crippen LogP contribution is 2.24. The SMILES string of the molecule is CCCCCN1C=CSC1C(=N)N. The summed E-state index contributed by atoms with van der Waals surface area (Å²) in [6.45, 7) is 3.21. The maximum Gasteiger partial charge on any atom is 0.136 e. The number of amidine groups is 1. The van der Waals surface area contributed by atoms with Gasteiger partial charge >= 0.3 is 0 Å². The van der Waals surface area contributed by atoms with E-state index in [-0.39, 0.29) is 11.2 Å². The van der Waals surface area contributed by atoms with Gasteiger partial charge in [0.05, 0.1) is 0 Å². The number of thioether (sulfide) groups is 1. The van der Waals surface area contributed by atoms with Crippen molar-refractivity contribution >= 4 is 17.6 Å². The van der Waals surface area contributed by atoms with Crippen molar-refractivity contribution in [1.82, 2.24) is 4.90 Å². The molecule has 4 heteroatoms. The summed E-state index contributed by atoms with van der Waals surface area (Å²) in [6, 6.07) is 0. The molecule has 13 heavy (non-hydrogen) atoms. The molecule has 1 unspecified atom stereocenters. The first-order chi connectivity index (χ1) is 6.25. The molecule has 0 amide bonds. The summed E-state index contributed by atoms with van der Waals surface area (Å²) in [5.74, 6) is 0.256. The zero-order valence-corrected chi connectivity index (χ0v) is 8.81. The molecule has 0 aromatic heterocycles. The molecule has 0 aliphatic carbocycles. The lowest BCUT2D eigenvalue weighted by atomic mass is 10.2. The van der Waals surface area contributed by atoms with Gasteiger partial charge in [-0.3, -0.25) is 5.41 Å². The third-order valence-corrected chi connectivity index (χ3v) is 3.11. The molecule has 74 valence electrons. The average Bonchev–Trinajstić information content (AvgIpc) is 2.53. The third kappa shape index (κ3) is 2.95. The van der Waals surface area contributed by atoms with Crippen LogP contribution in [-0.2, 0) is 0 Å². The van der Waals surface area contributed by atoms with E-state index < -0.39 is 0 Å². The van der Waals surface area contributed by atoms with Crippen molar-refractivity contribution < 1.29 is 0 Å². The molecule has 0 spiro atoms. The molecular formula is C9H17N3S. The Hall–Kier alpha value is -0.640. The molecule has 1 atom stereocenters. The van der Waals surface area contributed by atoms with Crippen LogP contribution in [0.1, 0.15) is 26.2 Å². The topological polar surface area (TPSA) is 53.1 Å². The smallest absolute Gasteiger partial charge is 0.136 e. The summed E-state index contributed by atoms with van der Waals surface area (Å²) in [5.41, 5.74) is 5.47. The Morgan fingerprint density at radius 1 is 1.62 bits per heavy atom. The standard InChI is InChI=1S/C9H17N3S/c1-2-3-4-5-12-6-7-13-9(12)8(10)11/h6-7,9H,2-5H2,1H3,(H3,10,11). The number of nitrogens with two attached hydrogens (primary N) is 1. The van der Waals surface area contributed by atoms with Gasteiger partial charge in [-0.05, 0) is 11.8 Å². The van der Waals surface area contributed by atoms with E-state index in [1.807, 2.05) is 11.6 Å². The molecular weight excluding hydrogens is 182 g/mol. The molecule has 0 saturated heterocycles. The second-order valence-corrected chi connectivity index (χ2v) is 4.16. The van der Waals surface area contributed by atoms with Crippen LogP contribution in [0.15, 0.2) is 11.6 Å². The van der Waals surface area contributed by atoms with Gasteiger partial charge in [-0.2, -0.15) is 0 Å². The lowest BCUT2D eigenvalue weighted by molar-refractivity contribution is 0.393. The molecule has 0 saturated carbocycles. The van der Waals surface area contributed by atoms with Crippen molar-refractivity contribution in [2.45, 2.75) is 31.6 Å². The van der Waals surface area contributed by atoms with Crippen LogP contribution in [0.2, 0.25) is 0 Å². The molecule has 0 radical (unpaired) electrons. The summed E-state index contributed by atoms with van der Waals surface area (Å²) in [6.07, 6.45) is 5.70. The van der Waals surface area contributed by atoms with Gasteiger partial charge in [0.25, 0.3) is 0 Å². The van der Waals surface area contributed by atoms with E-state index in [9.17, 15) is 0 Å². The average molecular weight is 199 g/mol. The van der Waals surface area contributed by atoms with Crippen LogP contribution >= 0.6 is 11.8 Å². The van der Waals surface area contributed by atoms with Crippen LogP contribution in [0.5, 0.6) is 0 Å². The van der Waals surface area contributed by atoms with E-state index in [4.69, 9.17) is 11.1 Å². The van der Waals surface area contributed by atoms with Crippen LogP contribution in [0.4, 0.5) is 0 Å². The van der Waals surface area contributed by atoms with Gasteiger partial charge in [-0.1, -0.05) is 31.5 Å². The van der Waals surface area contributed by atoms with Gasteiger partial charge in [-0.25, -0.2) is 0 Å². The number of hydrogen-bond donors (Lipinski definition) is 2. The highest BCUT2D eigenvalue weighted by molar-refractivity contribution is 8.03. The van der Waals surface area contributed by atoms with E-state index in [2.05, 4.69) is 11.8 Å². The zero-order valence-electron chi connectivity index (χ0n) is 7.99. The van der Waals surface area contributed by atoms with Crippen LogP contribution in [0.25, 0.3) is 0 Å². The molecule has 1 aliphatic heterocycles. The predicted octanol–water partition coefficient (Wildman–Crippen LogP) is 1.96. The third-order valence-electron chi connectivity index (χ3n) is 2.05. The van der Waals surface area contributed by atoms with E-state index in [1.54, 1.807) is 11.8 Å². The van der Waals surface area contributed by atoms with Crippen molar-refractivity contribution in [3.8, 4) is 0 Å². The molecule has 1 aliphatic rings. The maximum atomic E-state index is 7.38. The van der Waals surface area contributed by atoms with Crippen molar-refractivity contribution in [3.05, 3.63) is 11.6 Å². The lowest BCUT2D eigenvalue weighted by Gasteiger charge is -2.23. The normalized spacial score (nSPS) is 21.0. The Labute approximate surface area is 83.9 Å². The summed E-state index contributed by atoms with van der Waals surface area (Å²) < 4.78 is 0. The molecule has 0 aromatic carbocycles. The molecule has 0 aromatic rings. The molecule has 3 nitrogen and oxygen atoms in total. The Morgan fingerprint density at radius 2 is 2.38 bits per heavy atom. The molecule has 0 bridgehead atoms. The first-order valence-corrected chi connectivity index (χ1v) is 5.61. The zero-order chi connectivity index (χ0) is 9.68. The van der Waals surface area contributed by atoms with E-state index in [0.717, 1.165) is 6.54 Å². The quantitative estimate of drug-likeness (QED) is 0.404. The van der Waals surface area contributed by atoms with Crippen LogP contribution < -0.4 is 5.73 Å². The molecule has 1 heterocycles. The van der Waals surface area contributed by atoms with Gasteiger partial charge in [0, 0.05) is 12.7 Å². The highest BCUT2D eigenvalue weighted by Gasteiger charge is 2.21. The largest absolute Gasteiger partial charge is 0.385 e. The highest BCUT2D eigenvalue weighted by atomic mass is 32.2. The van der Waals surface area contributed by atoms with Gasteiger partial charge in [-0.15, -0.1) is 0 Å². The second-order valence-electron chi connectivity index (χ2n) is 3.17. The lowest BCUT2D eigenvalue weighted by Crippen LogP contribution is -2.37. The van der Waals surface area contributed by atoms with Crippen molar-refractivity contribution in [2.75, 3.05) is 6.54 Å². The summed E-state index contributed by atoms with van der Waals surface area (Å²) in [4.78, 5) is 2.14. The van der Waals surface area contributed by atoms with Crippen molar-refractivity contribution in [2.24, 2.45) is 5.73 Å². The Balaban J connectivity index is 2.31. The molecule has 1 rings (SSSR count). The van der Waals surface area contributed by atoms with Crippen LogP contribution in [0.3, 0.4) is 0 Å². The number of nitrogens with one attached hydrogen (secondary N) is 1. The summed E-state index contributed by atoms with van der Waals surface area (Å²) >= 11 is 1.61. The first kappa shape index (κ1) is 10.4. The monoisotopic (exact) mass is 199 g/mol. The van der Waals surface area contributed by atoms with Crippen molar-refractivity contribution in [3.63, 3.8) is 0 Å². The van der Waals surface area contributed by atoms with Crippen LogP contribution in [-0.4, -0.2) is 22.7 Å². The number of rotatable bonds is 5. The summed E-state index contributed by atoms with van der Waals surface area (Å²) in [5, 5.41) is 9.44. The fourth-order valence-corrected chi connectivity index (χ4v) is 2.19. The minimum absolute atomic E-state index is 0.0526. The first-order valence-electron chi connectivity index (χ1n) is 4.67. The minimum atomic E-state index is 0.0526. The predicted molar refractivity (Wildman–Crippen MR) is 58.7 cm³/mol. The van der Waals surface area contributed by atoms with E-state index in [1.165, 1.54) is 19.3 Å². The Morgan fingerprint density at radius 3 is 3.00 bits per heavy atom. The van der Waals surface area contributed by atoms with E-state index >= 15 is 0 Å². The fourth-order valence-electron chi connectivity index (χ4n) is 1.33. The second kappa shape index (κ2) is 5.17. The van der Waals surface area contributed by atoms with E-state index in [0.29, 0.717) is 0 Å². The fraction of sp³-hybridized carbons (Fsp3) is 0.667. The number of unbranched alkanes of at least 4 members (excludes halogenated alkanes) is 2. The Bertz CT molecular complexity index is 203. The number of hydrogen-bond acceptors (Lipinski definition) is 3. The van der Waals surface area contributed by atoms with Crippen molar-refractivity contribution in [1.29, 1.82) is 5.41 Å². The van der Waals surface area contributed by atoms with Gasteiger partial charge < -0.3 is 10.6 Å². The Kier molecular flexibility index (Phi) is 4.15. The number of nitrogens with zero attached hydrogens (tertiary/aromatic N) is 1. The molecule has 3 N–H and O–H groups in total. The van der Waals surface area contributed by atoms with Gasteiger partial charge in [0.1, 0.15) is 11.2 Å². The summed E-state index contributed by atoms with van der Waals surface area (Å²) in [7, 11) is 0. The maximum absolute atomic E-state index is 7.38. The molecule has 0 fully saturated rings. The van der Waals surface area contributed by atoms with Gasteiger partial charge in [0.15, 0.2) is 0 Å². The minimum Gasteiger partial charge on any atom is -0.385 e. The van der Waals surface area contributed by atoms with Crippen LogP contribution in [0, 0.1) is 5.41 Å². The van der Waals surface area contributed by atoms with Gasteiger partial charge in [0.2, 0.25) is 0 Å².